The number of ether oxygens (including phenoxy) is 1. The van der Waals surface area contributed by atoms with Gasteiger partial charge in [-0.3, -0.25) is 19.2 Å². The van der Waals surface area contributed by atoms with E-state index >= 15 is 0 Å². The number of nitrogens with zero attached hydrogens (tertiary/aromatic N) is 2. The van der Waals surface area contributed by atoms with Gasteiger partial charge in [0.1, 0.15) is 22.6 Å². The second-order valence-electron chi connectivity index (χ2n) is 12.6. The van der Waals surface area contributed by atoms with Crippen LogP contribution in [0, 0.1) is 29.6 Å². The number of benzene rings is 3. The van der Waals surface area contributed by atoms with Crippen molar-refractivity contribution >= 4 is 58.5 Å². The molecule has 0 radical (unpaired) electrons. The van der Waals surface area contributed by atoms with E-state index in [-0.39, 0.29) is 40.7 Å². The van der Waals surface area contributed by atoms with E-state index in [0.717, 1.165) is 34.1 Å². The lowest BCUT2D eigenvalue weighted by Crippen LogP contribution is -2.43. The standard InChI is InChI=1S/C35H27ClN2O12/c1-50-25-9-13(8-22(36)29(25)41)26-16-6-7-19-27(32(44)37(30(19)42)14-2-4-17(34(46)47)23(39)10-14)20(16)12-21-28(26)33(45)38(31(21)43)15-3-5-18(35(48)49)24(40)11-15/h2-6,8-11,19-21,26-28,39-41H,7,12H2,1H3,(H,46,47)(H,48,49). The lowest BCUT2D eigenvalue weighted by molar-refractivity contribution is -0.126. The van der Waals surface area contributed by atoms with Crippen molar-refractivity contribution in [3.8, 4) is 23.0 Å². The van der Waals surface area contributed by atoms with Gasteiger partial charge in [0.15, 0.2) is 11.5 Å². The molecule has 0 bridgehead atoms. The Morgan fingerprint density at radius 2 is 1.28 bits per heavy atom. The Morgan fingerprint density at radius 3 is 1.80 bits per heavy atom. The summed E-state index contributed by atoms with van der Waals surface area (Å²) in [5.41, 5.74) is 0.0464. The van der Waals surface area contributed by atoms with E-state index in [9.17, 15) is 54.3 Å². The molecule has 2 saturated heterocycles. The van der Waals surface area contributed by atoms with Crippen molar-refractivity contribution in [1.82, 2.24) is 0 Å². The summed E-state index contributed by atoms with van der Waals surface area (Å²) < 4.78 is 5.33. The number of anilines is 2. The maximum Gasteiger partial charge on any atom is 0.339 e. The largest absolute Gasteiger partial charge is 0.507 e. The third-order valence-corrected chi connectivity index (χ3v) is 10.5. The van der Waals surface area contributed by atoms with E-state index in [2.05, 4.69) is 0 Å². The number of carboxylic acid groups (broad SMARTS) is 2. The van der Waals surface area contributed by atoms with Gasteiger partial charge in [0.25, 0.3) is 0 Å². The number of halogens is 1. The number of amides is 4. The van der Waals surface area contributed by atoms with Crippen molar-refractivity contribution in [3.05, 3.63) is 81.9 Å². The Kier molecular flexibility index (Phi) is 7.59. The van der Waals surface area contributed by atoms with Gasteiger partial charge in [0, 0.05) is 18.1 Å². The fourth-order valence-corrected chi connectivity index (χ4v) is 8.30. The minimum atomic E-state index is -1.41. The van der Waals surface area contributed by atoms with Crippen molar-refractivity contribution in [2.75, 3.05) is 16.9 Å². The van der Waals surface area contributed by atoms with Crippen LogP contribution in [0.15, 0.2) is 60.2 Å². The summed E-state index contributed by atoms with van der Waals surface area (Å²) >= 11 is 6.39. The molecule has 5 N–H and O–H groups in total. The molecule has 3 aromatic carbocycles. The van der Waals surface area contributed by atoms with Crippen LogP contribution in [0.3, 0.4) is 0 Å². The number of phenolic OH excluding ortho intramolecular Hbond substituents is 1. The fourth-order valence-electron chi connectivity index (χ4n) is 8.08. The molecule has 2 heterocycles. The van der Waals surface area contributed by atoms with Crippen molar-refractivity contribution in [1.29, 1.82) is 0 Å². The molecule has 0 aromatic heterocycles. The van der Waals surface area contributed by atoms with Gasteiger partial charge >= 0.3 is 11.9 Å². The summed E-state index contributed by atoms with van der Waals surface area (Å²) in [5.74, 6) is -12.6. The number of phenols is 3. The summed E-state index contributed by atoms with van der Waals surface area (Å²) in [6, 6.07) is 9.59. The first-order valence-electron chi connectivity index (χ1n) is 15.4. The Morgan fingerprint density at radius 1 is 0.740 bits per heavy atom. The molecule has 256 valence electrons. The molecule has 2 aliphatic carbocycles. The van der Waals surface area contributed by atoms with E-state index in [1.165, 1.54) is 31.4 Å². The zero-order chi connectivity index (χ0) is 35.9. The SMILES string of the molecule is COc1cc(C2C3=CCC4C(=O)N(c5ccc(C(=O)O)c(O)c5)C(=O)C4C3CC3C(=O)N(c4ccc(C(=O)O)c(O)c4)C(=O)C32)cc(Cl)c1O. The highest BCUT2D eigenvalue weighted by Gasteiger charge is 2.62. The molecule has 0 spiro atoms. The smallest absolute Gasteiger partial charge is 0.339 e. The lowest BCUT2D eigenvalue weighted by atomic mass is 9.57. The monoisotopic (exact) mass is 702 g/mol. The van der Waals surface area contributed by atoms with Gasteiger partial charge in [0.2, 0.25) is 23.6 Å². The highest BCUT2D eigenvalue weighted by Crippen LogP contribution is 2.59. The predicted molar refractivity (Wildman–Crippen MR) is 172 cm³/mol. The molecule has 3 fully saturated rings. The highest BCUT2D eigenvalue weighted by atomic mass is 35.5. The van der Waals surface area contributed by atoms with Crippen LogP contribution in [0.2, 0.25) is 5.02 Å². The minimum absolute atomic E-state index is 0.00817. The van der Waals surface area contributed by atoms with Crippen molar-refractivity contribution in [3.63, 3.8) is 0 Å². The number of aromatic hydroxyl groups is 3. The topological polar surface area (TPSA) is 219 Å². The Labute approximate surface area is 287 Å². The third-order valence-electron chi connectivity index (χ3n) is 10.2. The fraction of sp³-hybridized carbons (Fsp3) is 0.257. The van der Waals surface area contributed by atoms with Crippen molar-refractivity contribution in [2.45, 2.75) is 18.8 Å². The first-order chi connectivity index (χ1) is 23.7. The molecular formula is C35H27ClN2O12. The first kappa shape index (κ1) is 32.6. The number of allylic oxidation sites excluding steroid dienone is 2. The number of methoxy groups -OCH3 is 1. The summed E-state index contributed by atoms with van der Waals surface area (Å²) in [4.78, 5) is 81.2. The number of fused-ring (bicyclic) bond motifs is 4. The van der Waals surface area contributed by atoms with E-state index in [1.807, 2.05) is 0 Å². The normalized spacial score (nSPS) is 25.6. The van der Waals surface area contributed by atoms with Gasteiger partial charge in [-0.25, -0.2) is 19.4 Å². The number of carbonyl (C=O) groups is 6. The zero-order valence-corrected chi connectivity index (χ0v) is 26.7. The van der Waals surface area contributed by atoms with E-state index in [0.29, 0.717) is 11.1 Å². The number of imide groups is 2. The van der Waals surface area contributed by atoms with Crippen LogP contribution in [-0.2, 0) is 19.2 Å². The number of hydrogen-bond acceptors (Lipinski definition) is 10. The van der Waals surface area contributed by atoms with Crippen LogP contribution in [0.1, 0.15) is 45.0 Å². The van der Waals surface area contributed by atoms with Crippen LogP contribution in [0.4, 0.5) is 11.4 Å². The highest BCUT2D eigenvalue weighted by molar-refractivity contribution is 6.32. The van der Waals surface area contributed by atoms with E-state index in [1.54, 1.807) is 6.08 Å². The Balaban J connectivity index is 1.34. The number of hydrogen-bond donors (Lipinski definition) is 5. The molecule has 50 heavy (non-hydrogen) atoms. The molecular weight excluding hydrogens is 676 g/mol. The van der Waals surface area contributed by atoms with Gasteiger partial charge < -0.3 is 30.3 Å². The lowest BCUT2D eigenvalue weighted by Gasteiger charge is -2.44. The molecule has 15 heteroatoms. The van der Waals surface area contributed by atoms with E-state index in [4.69, 9.17) is 16.3 Å². The number of aromatic carboxylic acids is 2. The van der Waals surface area contributed by atoms with Gasteiger partial charge in [-0.1, -0.05) is 23.3 Å². The maximum atomic E-state index is 14.3. The van der Waals surface area contributed by atoms with Crippen LogP contribution >= 0.6 is 11.6 Å². The molecule has 3 aromatic rings. The molecule has 14 nitrogen and oxygen atoms in total. The Hall–Kier alpha value is -5.89. The second kappa shape index (κ2) is 11.6. The molecule has 4 amide bonds. The predicted octanol–water partition coefficient (Wildman–Crippen LogP) is 3.91. The third kappa shape index (κ3) is 4.70. The first-order valence-corrected chi connectivity index (χ1v) is 15.8. The number of carbonyl (C=O) groups excluding carboxylic acids is 4. The van der Waals surface area contributed by atoms with Crippen molar-refractivity contribution in [2.24, 2.45) is 29.6 Å². The van der Waals surface area contributed by atoms with Crippen LogP contribution in [0.5, 0.6) is 23.0 Å². The van der Waals surface area contributed by atoms with Crippen LogP contribution in [0.25, 0.3) is 0 Å². The molecule has 2 aliphatic heterocycles. The zero-order valence-electron chi connectivity index (χ0n) is 25.9. The Bertz CT molecular complexity index is 2110. The molecule has 6 atom stereocenters. The quantitative estimate of drug-likeness (QED) is 0.182. The number of carboxylic acids is 2. The average Bonchev–Trinajstić information content (AvgIpc) is 3.47. The van der Waals surface area contributed by atoms with Crippen LogP contribution in [-0.4, -0.2) is 68.2 Å². The average molecular weight is 703 g/mol. The molecule has 1 saturated carbocycles. The summed E-state index contributed by atoms with van der Waals surface area (Å²) in [6.45, 7) is 0. The second-order valence-corrected chi connectivity index (χ2v) is 13.0. The van der Waals surface area contributed by atoms with Crippen LogP contribution < -0.4 is 14.5 Å². The summed E-state index contributed by atoms with van der Waals surface area (Å²) in [6.07, 6.45) is 1.84. The van der Waals surface area contributed by atoms with Gasteiger partial charge in [-0.2, -0.15) is 0 Å². The van der Waals surface area contributed by atoms with E-state index < -0.39 is 93.7 Å². The van der Waals surface area contributed by atoms with Gasteiger partial charge in [-0.15, -0.1) is 0 Å². The molecule has 6 unspecified atom stereocenters. The molecule has 7 rings (SSSR count). The summed E-state index contributed by atoms with van der Waals surface area (Å²) in [5, 5.41) is 49.8. The number of rotatable bonds is 6. The van der Waals surface area contributed by atoms with Crippen molar-refractivity contribution < 1.29 is 59.0 Å². The maximum absolute atomic E-state index is 14.3. The van der Waals surface area contributed by atoms with Gasteiger partial charge in [-0.05, 0) is 60.7 Å². The minimum Gasteiger partial charge on any atom is -0.507 e. The summed E-state index contributed by atoms with van der Waals surface area (Å²) in [7, 11) is 1.31. The molecule has 4 aliphatic rings. The van der Waals surface area contributed by atoms with Gasteiger partial charge in [0.05, 0.1) is 47.2 Å².